The molecule has 2 unspecified atom stereocenters. The summed E-state index contributed by atoms with van der Waals surface area (Å²) in [6.45, 7) is -0.151. The van der Waals surface area contributed by atoms with E-state index in [-0.39, 0.29) is 13.0 Å². The normalized spacial score (nSPS) is 20.2. The summed E-state index contributed by atoms with van der Waals surface area (Å²) in [6.07, 6.45) is 1.68. The van der Waals surface area contributed by atoms with Crippen LogP contribution in [0.25, 0.3) is 0 Å². The molecule has 1 fully saturated rings. The van der Waals surface area contributed by atoms with Gasteiger partial charge in [0, 0.05) is 18.4 Å². The number of carbonyl (C=O) groups excluding carboxylic acids is 2. The number of hydrogen-bond donors (Lipinski definition) is 0. The van der Waals surface area contributed by atoms with Gasteiger partial charge in [0.2, 0.25) is 6.04 Å². The van der Waals surface area contributed by atoms with E-state index in [2.05, 4.69) is 0 Å². The second kappa shape index (κ2) is 5.72. The third kappa shape index (κ3) is 3.34. The number of esters is 1. The average molecular weight is 282 g/mol. The SMILES string of the molecule is CN(Cc1ccco1)C(=O)COC(=O)C1CC1[N+](=O)[O-]. The monoisotopic (exact) mass is 282 g/mol. The Morgan fingerprint density at radius 2 is 2.35 bits per heavy atom. The van der Waals surface area contributed by atoms with Crippen molar-refractivity contribution in [3.8, 4) is 0 Å². The molecule has 0 N–H and O–H groups in total. The van der Waals surface area contributed by atoms with Gasteiger partial charge in [-0.05, 0) is 12.1 Å². The smallest absolute Gasteiger partial charge is 0.316 e. The Hall–Kier alpha value is -2.38. The first-order chi connectivity index (χ1) is 9.49. The molecule has 8 nitrogen and oxygen atoms in total. The molecule has 1 aliphatic rings. The molecule has 1 saturated carbocycles. The highest BCUT2D eigenvalue weighted by Crippen LogP contribution is 2.34. The van der Waals surface area contributed by atoms with E-state index in [1.807, 2.05) is 0 Å². The molecule has 0 aromatic carbocycles. The fourth-order valence-electron chi connectivity index (χ4n) is 1.74. The lowest BCUT2D eigenvalue weighted by molar-refractivity contribution is -0.497. The van der Waals surface area contributed by atoms with Crippen LogP contribution >= 0.6 is 0 Å². The van der Waals surface area contributed by atoms with Crippen LogP contribution in [0.1, 0.15) is 12.2 Å². The predicted molar refractivity (Wildman–Crippen MR) is 65.0 cm³/mol. The number of likely N-dealkylation sites (N-methyl/N-ethyl adjacent to an activating group) is 1. The quantitative estimate of drug-likeness (QED) is 0.426. The van der Waals surface area contributed by atoms with Crippen molar-refractivity contribution in [1.29, 1.82) is 0 Å². The van der Waals surface area contributed by atoms with E-state index in [1.54, 1.807) is 19.2 Å². The van der Waals surface area contributed by atoms with Gasteiger partial charge in [0.25, 0.3) is 5.91 Å². The van der Waals surface area contributed by atoms with Gasteiger partial charge in [-0.15, -0.1) is 0 Å². The van der Waals surface area contributed by atoms with E-state index < -0.39 is 35.4 Å². The maximum atomic E-state index is 11.7. The second-order valence-electron chi connectivity index (χ2n) is 4.63. The highest BCUT2D eigenvalue weighted by molar-refractivity contribution is 5.82. The molecule has 0 saturated heterocycles. The minimum absolute atomic E-state index is 0.183. The van der Waals surface area contributed by atoms with Crippen LogP contribution in [0, 0.1) is 16.0 Å². The zero-order chi connectivity index (χ0) is 14.7. The number of hydrogen-bond acceptors (Lipinski definition) is 6. The molecule has 1 aromatic rings. The molecule has 1 aromatic heterocycles. The molecule has 8 heteroatoms. The third-order valence-corrected chi connectivity index (χ3v) is 3.07. The van der Waals surface area contributed by atoms with Crippen molar-refractivity contribution in [1.82, 2.24) is 4.90 Å². The van der Waals surface area contributed by atoms with Gasteiger partial charge in [0.05, 0.1) is 12.8 Å². The Balaban J connectivity index is 1.72. The van der Waals surface area contributed by atoms with E-state index in [0.717, 1.165) is 0 Å². The Kier molecular flexibility index (Phi) is 4.02. The van der Waals surface area contributed by atoms with Crippen LogP contribution in [-0.2, 0) is 20.9 Å². The Morgan fingerprint density at radius 1 is 1.60 bits per heavy atom. The van der Waals surface area contributed by atoms with E-state index in [0.29, 0.717) is 5.76 Å². The average Bonchev–Trinajstić information content (AvgIpc) is 3.07. The lowest BCUT2D eigenvalue weighted by Gasteiger charge is -2.15. The van der Waals surface area contributed by atoms with Gasteiger partial charge in [-0.3, -0.25) is 19.7 Å². The molecule has 0 radical (unpaired) electrons. The van der Waals surface area contributed by atoms with Crippen molar-refractivity contribution in [2.24, 2.45) is 5.92 Å². The van der Waals surface area contributed by atoms with Crippen LogP contribution in [0.2, 0.25) is 0 Å². The van der Waals surface area contributed by atoms with Crippen molar-refractivity contribution < 1.29 is 23.7 Å². The molecule has 0 spiro atoms. The van der Waals surface area contributed by atoms with Crippen molar-refractivity contribution in [3.05, 3.63) is 34.3 Å². The Labute approximate surface area is 114 Å². The van der Waals surface area contributed by atoms with Crippen LogP contribution in [0.3, 0.4) is 0 Å². The van der Waals surface area contributed by atoms with Gasteiger partial charge in [-0.1, -0.05) is 0 Å². The van der Waals surface area contributed by atoms with Crippen molar-refractivity contribution in [2.75, 3.05) is 13.7 Å². The van der Waals surface area contributed by atoms with E-state index in [4.69, 9.17) is 9.15 Å². The Morgan fingerprint density at radius 3 is 2.90 bits per heavy atom. The van der Waals surface area contributed by atoms with Gasteiger partial charge >= 0.3 is 5.97 Å². The van der Waals surface area contributed by atoms with Gasteiger partial charge in [0.15, 0.2) is 6.61 Å². The van der Waals surface area contributed by atoms with Gasteiger partial charge in [-0.2, -0.15) is 0 Å². The molecule has 0 bridgehead atoms. The number of carbonyl (C=O) groups is 2. The summed E-state index contributed by atoms with van der Waals surface area (Å²) in [7, 11) is 1.55. The second-order valence-corrected chi connectivity index (χ2v) is 4.63. The third-order valence-electron chi connectivity index (χ3n) is 3.07. The largest absolute Gasteiger partial charge is 0.467 e. The predicted octanol–water partition coefficient (Wildman–Crippen LogP) is 0.446. The molecule has 0 aliphatic heterocycles. The minimum atomic E-state index is -0.863. The topological polar surface area (TPSA) is 103 Å². The fraction of sp³-hybridized carbons (Fsp3) is 0.500. The number of ether oxygens (including phenoxy) is 1. The van der Waals surface area contributed by atoms with E-state index in [9.17, 15) is 19.7 Å². The van der Waals surface area contributed by atoms with Crippen molar-refractivity contribution in [3.63, 3.8) is 0 Å². The molecule has 2 rings (SSSR count). The van der Waals surface area contributed by atoms with Crippen LogP contribution in [0.4, 0.5) is 0 Å². The first-order valence-corrected chi connectivity index (χ1v) is 6.05. The minimum Gasteiger partial charge on any atom is -0.467 e. The first-order valence-electron chi connectivity index (χ1n) is 6.05. The molecule has 1 heterocycles. The Bertz CT molecular complexity index is 512. The lowest BCUT2D eigenvalue weighted by Crippen LogP contribution is -2.31. The highest BCUT2D eigenvalue weighted by atomic mass is 16.6. The van der Waals surface area contributed by atoms with Gasteiger partial charge < -0.3 is 14.1 Å². The summed E-state index contributed by atoms with van der Waals surface area (Å²) in [5.41, 5.74) is 0. The molecule has 1 aliphatic carbocycles. The highest BCUT2D eigenvalue weighted by Gasteiger charge is 2.54. The summed E-state index contributed by atoms with van der Waals surface area (Å²) < 4.78 is 9.88. The fourth-order valence-corrected chi connectivity index (χ4v) is 1.74. The number of rotatable bonds is 6. The zero-order valence-corrected chi connectivity index (χ0v) is 10.9. The number of nitro groups is 1. The van der Waals surface area contributed by atoms with Gasteiger partial charge in [0.1, 0.15) is 11.7 Å². The van der Waals surface area contributed by atoms with Gasteiger partial charge in [-0.25, -0.2) is 0 Å². The van der Waals surface area contributed by atoms with Crippen LogP contribution in [-0.4, -0.2) is 41.4 Å². The number of amides is 1. The number of furan rings is 1. The molecule has 2 atom stereocenters. The van der Waals surface area contributed by atoms with Crippen LogP contribution in [0.15, 0.2) is 22.8 Å². The van der Waals surface area contributed by atoms with Crippen LogP contribution in [0.5, 0.6) is 0 Å². The van der Waals surface area contributed by atoms with E-state index >= 15 is 0 Å². The van der Waals surface area contributed by atoms with Crippen LogP contribution < -0.4 is 0 Å². The number of nitrogens with zero attached hydrogens (tertiary/aromatic N) is 2. The summed E-state index contributed by atoms with van der Waals surface area (Å²) in [5.74, 6) is -1.18. The lowest BCUT2D eigenvalue weighted by atomic mass is 10.4. The standard InChI is InChI=1S/C12H14N2O6/c1-13(6-8-3-2-4-19-8)11(15)7-20-12(16)9-5-10(9)14(17)18/h2-4,9-10H,5-7H2,1H3. The maximum Gasteiger partial charge on any atom is 0.316 e. The first kappa shape index (κ1) is 14.0. The molecule has 20 heavy (non-hydrogen) atoms. The summed E-state index contributed by atoms with van der Waals surface area (Å²) in [4.78, 5) is 34.4. The summed E-state index contributed by atoms with van der Waals surface area (Å²) >= 11 is 0. The molecular weight excluding hydrogens is 268 g/mol. The maximum absolute atomic E-state index is 11.7. The molecule has 1 amide bonds. The summed E-state index contributed by atoms with van der Waals surface area (Å²) in [6, 6.07) is 2.57. The molecule has 108 valence electrons. The van der Waals surface area contributed by atoms with Crippen molar-refractivity contribution >= 4 is 11.9 Å². The summed E-state index contributed by atoms with van der Waals surface area (Å²) in [5, 5.41) is 10.4. The zero-order valence-electron chi connectivity index (χ0n) is 10.9. The van der Waals surface area contributed by atoms with Crippen molar-refractivity contribution in [2.45, 2.75) is 19.0 Å². The molecular formula is C12H14N2O6. The van der Waals surface area contributed by atoms with E-state index in [1.165, 1.54) is 11.2 Å².